The molecular formula is C19H15Cl3F3NO2. The van der Waals surface area contributed by atoms with Crippen molar-refractivity contribution in [2.45, 2.75) is 31.1 Å². The van der Waals surface area contributed by atoms with Crippen LogP contribution < -0.4 is 0 Å². The Hall–Kier alpha value is -1.47. The number of benzene rings is 2. The van der Waals surface area contributed by atoms with Gasteiger partial charge < -0.3 is 5.11 Å². The zero-order chi connectivity index (χ0) is 20.6. The molecule has 1 fully saturated rings. The first-order valence-corrected chi connectivity index (χ1v) is 9.53. The van der Waals surface area contributed by atoms with Crippen LogP contribution in [0.25, 0.3) is 0 Å². The van der Waals surface area contributed by atoms with Gasteiger partial charge in [-0.25, -0.2) is 0 Å². The Kier molecular flexibility index (Phi) is 6.15. The maximum Gasteiger partial charge on any atom is 0.417 e. The fourth-order valence-corrected chi connectivity index (χ4v) is 4.21. The minimum absolute atomic E-state index is 0.175. The van der Waals surface area contributed by atoms with E-state index in [1.165, 1.54) is 6.07 Å². The van der Waals surface area contributed by atoms with Gasteiger partial charge in [0.1, 0.15) is 6.04 Å². The molecule has 0 aromatic heterocycles. The fraction of sp³-hybridized carbons (Fsp3) is 0.316. The first kappa shape index (κ1) is 21.2. The van der Waals surface area contributed by atoms with Gasteiger partial charge in [-0.2, -0.15) is 13.2 Å². The van der Waals surface area contributed by atoms with Crippen LogP contribution in [0.1, 0.15) is 35.6 Å². The normalized spacial score (nSPS) is 19.0. The van der Waals surface area contributed by atoms with E-state index >= 15 is 0 Å². The van der Waals surface area contributed by atoms with E-state index in [1.807, 2.05) is 0 Å². The van der Waals surface area contributed by atoms with Crippen molar-refractivity contribution in [1.29, 1.82) is 0 Å². The van der Waals surface area contributed by atoms with E-state index in [-0.39, 0.29) is 15.6 Å². The van der Waals surface area contributed by atoms with Crippen molar-refractivity contribution in [2.24, 2.45) is 0 Å². The number of hydrogen-bond donors (Lipinski definition) is 1. The molecule has 150 valence electrons. The summed E-state index contributed by atoms with van der Waals surface area (Å²) < 4.78 is 40.1. The molecule has 3 rings (SSSR count). The molecule has 1 saturated heterocycles. The zero-order valence-corrected chi connectivity index (χ0v) is 16.6. The molecule has 3 nitrogen and oxygen atoms in total. The summed E-state index contributed by atoms with van der Waals surface area (Å²) >= 11 is 18.2. The number of alkyl halides is 3. The molecule has 2 aromatic carbocycles. The Morgan fingerprint density at radius 2 is 1.86 bits per heavy atom. The van der Waals surface area contributed by atoms with Gasteiger partial charge in [0, 0.05) is 6.54 Å². The molecular weight excluding hydrogens is 438 g/mol. The molecule has 1 N–H and O–H groups in total. The monoisotopic (exact) mass is 451 g/mol. The predicted octanol–water partition coefficient (Wildman–Crippen LogP) is 6.30. The third-order valence-corrected chi connectivity index (χ3v) is 5.96. The number of nitrogens with zero attached hydrogens (tertiary/aromatic N) is 1. The van der Waals surface area contributed by atoms with Crippen molar-refractivity contribution in [2.75, 3.05) is 6.54 Å². The van der Waals surface area contributed by atoms with Gasteiger partial charge in [-0.05, 0) is 42.2 Å². The van der Waals surface area contributed by atoms with Crippen molar-refractivity contribution in [1.82, 2.24) is 4.90 Å². The molecule has 0 radical (unpaired) electrons. The van der Waals surface area contributed by atoms with Crippen LogP contribution in [0, 0.1) is 0 Å². The smallest absolute Gasteiger partial charge is 0.417 e. The highest BCUT2D eigenvalue weighted by molar-refractivity contribution is 6.42. The SMILES string of the molecule is O=C(O)C1CCCN1C(c1ccc(Cl)c(C(F)(F)F)c1)c1cccc(Cl)c1Cl. The van der Waals surface area contributed by atoms with E-state index in [0.717, 1.165) is 12.1 Å². The summed E-state index contributed by atoms with van der Waals surface area (Å²) in [7, 11) is 0. The van der Waals surface area contributed by atoms with Gasteiger partial charge in [0.15, 0.2) is 0 Å². The topological polar surface area (TPSA) is 40.5 Å². The zero-order valence-electron chi connectivity index (χ0n) is 14.3. The van der Waals surface area contributed by atoms with E-state index in [1.54, 1.807) is 23.1 Å². The third-order valence-electron chi connectivity index (χ3n) is 4.80. The number of carboxylic acid groups (broad SMARTS) is 1. The highest BCUT2D eigenvalue weighted by atomic mass is 35.5. The molecule has 2 aromatic rings. The first-order chi connectivity index (χ1) is 13.1. The van der Waals surface area contributed by atoms with Crippen LogP contribution in [0.2, 0.25) is 15.1 Å². The number of carbonyl (C=O) groups is 1. The van der Waals surface area contributed by atoms with Crippen LogP contribution in [-0.2, 0) is 11.0 Å². The highest BCUT2D eigenvalue weighted by Crippen LogP contribution is 2.43. The number of halogens is 6. The maximum atomic E-state index is 13.4. The minimum atomic E-state index is -4.65. The lowest BCUT2D eigenvalue weighted by Gasteiger charge is -2.33. The van der Waals surface area contributed by atoms with Crippen LogP contribution in [0.4, 0.5) is 13.2 Å². The van der Waals surface area contributed by atoms with Crippen LogP contribution in [0.15, 0.2) is 36.4 Å². The lowest BCUT2D eigenvalue weighted by atomic mass is 9.94. The van der Waals surface area contributed by atoms with E-state index < -0.39 is 34.8 Å². The summed E-state index contributed by atoms with van der Waals surface area (Å²) in [5.41, 5.74) is -0.298. The summed E-state index contributed by atoms with van der Waals surface area (Å²) in [4.78, 5) is 13.4. The van der Waals surface area contributed by atoms with E-state index in [2.05, 4.69) is 0 Å². The van der Waals surface area contributed by atoms with E-state index in [4.69, 9.17) is 34.8 Å². The Balaban J connectivity index is 2.20. The molecule has 0 bridgehead atoms. The van der Waals surface area contributed by atoms with Gasteiger partial charge >= 0.3 is 12.1 Å². The number of rotatable bonds is 4. The van der Waals surface area contributed by atoms with Gasteiger partial charge in [0.2, 0.25) is 0 Å². The molecule has 0 aliphatic carbocycles. The lowest BCUT2D eigenvalue weighted by molar-refractivity contribution is -0.143. The molecule has 0 saturated carbocycles. The van der Waals surface area contributed by atoms with Crippen LogP contribution in [0.3, 0.4) is 0 Å². The van der Waals surface area contributed by atoms with Crippen molar-refractivity contribution in [3.8, 4) is 0 Å². The number of aliphatic carboxylic acids is 1. The Labute approximate surface area is 174 Å². The Bertz CT molecular complexity index is 904. The minimum Gasteiger partial charge on any atom is -0.480 e. The fourth-order valence-electron chi connectivity index (χ4n) is 3.57. The molecule has 1 aliphatic heterocycles. The van der Waals surface area contributed by atoms with E-state index in [0.29, 0.717) is 24.9 Å². The predicted molar refractivity (Wildman–Crippen MR) is 102 cm³/mol. The van der Waals surface area contributed by atoms with Gasteiger partial charge in [-0.1, -0.05) is 53.0 Å². The Morgan fingerprint density at radius 3 is 2.50 bits per heavy atom. The van der Waals surface area contributed by atoms with Gasteiger partial charge in [-0.3, -0.25) is 9.69 Å². The summed E-state index contributed by atoms with van der Waals surface area (Å²) in [5.74, 6) is -1.04. The lowest BCUT2D eigenvalue weighted by Crippen LogP contribution is -2.39. The molecule has 28 heavy (non-hydrogen) atoms. The molecule has 0 spiro atoms. The average Bonchev–Trinajstić information content (AvgIpc) is 3.09. The van der Waals surface area contributed by atoms with Gasteiger partial charge in [0.25, 0.3) is 0 Å². The van der Waals surface area contributed by atoms with Crippen LogP contribution >= 0.6 is 34.8 Å². The summed E-state index contributed by atoms with van der Waals surface area (Å²) in [6.07, 6.45) is -3.65. The summed E-state index contributed by atoms with van der Waals surface area (Å²) in [6, 6.07) is 6.74. The highest BCUT2D eigenvalue weighted by Gasteiger charge is 2.39. The van der Waals surface area contributed by atoms with Crippen molar-refractivity contribution in [3.05, 3.63) is 68.2 Å². The van der Waals surface area contributed by atoms with Gasteiger partial charge in [-0.15, -0.1) is 0 Å². The third kappa shape index (κ3) is 4.10. The van der Waals surface area contributed by atoms with Crippen molar-refractivity contribution < 1.29 is 23.1 Å². The standard InChI is InChI=1S/C19H15Cl3F3NO2/c20-13-7-6-10(9-12(13)19(23,24)25)17(11-3-1-4-14(21)16(11)22)26-8-2-5-15(26)18(27)28/h1,3-4,6-7,9,15,17H,2,5,8H2,(H,27,28). The average molecular weight is 453 g/mol. The largest absolute Gasteiger partial charge is 0.480 e. The quantitative estimate of drug-likeness (QED) is 0.591. The second-order valence-electron chi connectivity index (χ2n) is 6.52. The maximum absolute atomic E-state index is 13.4. The van der Waals surface area contributed by atoms with Crippen LogP contribution in [0.5, 0.6) is 0 Å². The molecule has 2 unspecified atom stereocenters. The van der Waals surface area contributed by atoms with Crippen LogP contribution in [-0.4, -0.2) is 28.6 Å². The second kappa shape index (κ2) is 8.11. The molecule has 0 amide bonds. The summed E-state index contributed by atoms with van der Waals surface area (Å²) in [6.45, 7) is 0.397. The Morgan fingerprint density at radius 1 is 1.14 bits per heavy atom. The summed E-state index contributed by atoms with van der Waals surface area (Å²) in [5, 5.41) is 9.56. The van der Waals surface area contributed by atoms with Crippen molar-refractivity contribution in [3.63, 3.8) is 0 Å². The molecule has 1 aliphatic rings. The second-order valence-corrected chi connectivity index (χ2v) is 7.71. The number of likely N-dealkylation sites (tertiary alicyclic amines) is 1. The number of hydrogen-bond acceptors (Lipinski definition) is 2. The molecule has 1 heterocycles. The molecule has 2 atom stereocenters. The van der Waals surface area contributed by atoms with Gasteiger partial charge in [0.05, 0.1) is 26.7 Å². The molecule has 9 heteroatoms. The van der Waals surface area contributed by atoms with E-state index in [9.17, 15) is 23.1 Å². The van der Waals surface area contributed by atoms with Crippen molar-refractivity contribution >= 4 is 40.8 Å². The number of carboxylic acids is 1. The first-order valence-electron chi connectivity index (χ1n) is 8.40.